The Morgan fingerprint density at radius 3 is 2.68 bits per heavy atom. The molecular formula is C24H26ClN3O3. The van der Waals surface area contributed by atoms with E-state index in [2.05, 4.69) is 24.1 Å². The fraction of sp³-hybridized carbons (Fsp3) is 0.333. The highest BCUT2D eigenvalue weighted by Gasteiger charge is 2.25. The number of hydrogen-bond acceptors (Lipinski definition) is 4. The summed E-state index contributed by atoms with van der Waals surface area (Å²) in [5.74, 6) is 0.153. The molecule has 1 aliphatic heterocycles. The number of pyridine rings is 1. The van der Waals surface area contributed by atoms with Crippen molar-refractivity contribution in [1.29, 1.82) is 0 Å². The van der Waals surface area contributed by atoms with E-state index in [0.29, 0.717) is 33.9 Å². The van der Waals surface area contributed by atoms with Gasteiger partial charge in [-0.15, -0.1) is 0 Å². The molecule has 6 nitrogen and oxygen atoms in total. The Balaban J connectivity index is 1.73. The van der Waals surface area contributed by atoms with Gasteiger partial charge in [0.1, 0.15) is 17.4 Å². The van der Waals surface area contributed by atoms with Crippen molar-refractivity contribution in [1.82, 2.24) is 4.57 Å². The molecule has 1 aliphatic rings. The number of ether oxygens (including phenoxy) is 1. The average molecular weight is 440 g/mol. The SMILES string of the molecule is CCN(CC)c1ccc(NC(=O)c2cn3c4c(ccc(Cl)c4c2=O)O[C@H](C)C3)c(C)c1. The summed E-state index contributed by atoms with van der Waals surface area (Å²) in [6.07, 6.45) is 1.53. The van der Waals surface area contributed by atoms with E-state index in [1.165, 1.54) is 0 Å². The highest BCUT2D eigenvalue weighted by atomic mass is 35.5. The van der Waals surface area contributed by atoms with E-state index in [-0.39, 0.29) is 11.7 Å². The van der Waals surface area contributed by atoms with E-state index in [9.17, 15) is 9.59 Å². The minimum Gasteiger partial charge on any atom is -0.487 e. The van der Waals surface area contributed by atoms with Crippen molar-refractivity contribution >= 4 is 39.8 Å². The molecule has 1 atom stereocenters. The van der Waals surface area contributed by atoms with Gasteiger partial charge in [-0.05, 0) is 63.6 Å². The lowest BCUT2D eigenvalue weighted by Crippen LogP contribution is -2.30. The van der Waals surface area contributed by atoms with Crippen LogP contribution in [0, 0.1) is 6.92 Å². The first-order chi connectivity index (χ1) is 14.8. The number of nitrogens with one attached hydrogen (secondary N) is 1. The maximum atomic E-state index is 13.2. The second kappa shape index (κ2) is 8.27. The molecule has 4 rings (SSSR count). The summed E-state index contributed by atoms with van der Waals surface area (Å²) in [6.45, 7) is 10.4. The predicted octanol–water partition coefficient (Wildman–Crippen LogP) is 4.84. The monoisotopic (exact) mass is 439 g/mol. The number of rotatable bonds is 5. The van der Waals surface area contributed by atoms with Gasteiger partial charge in [0.2, 0.25) is 5.43 Å². The molecular weight excluding hydrogens is 414 g/mol. The number of amides is 1. The third-order valence-electron chi connectivity index (χ3n) is 5.75. The third-order valence-corrected chi connectivity index (χ3v) is 6.06. The Labute approximate surface area is 186 Å². The Morgan fingerprint density at radius 1 is 1.26 bits per heavy atom. The molecule has 3 aromatic rings. The Morgan fingerprint density at radius 2 is 2.00 bits per heavy atom. The minimum absolute atomic E-state index is 0.0628. The van der Waals surface area contributed by atoms with Gasteiger partial charge in [-0.25, -0.2) is 0 Å². The molecule has 0 saturated carbocycles. The van der Waals surface area contributed by atoms with E-state index < -0.39 is 11.3 Å². The van der Waals surface area contributed by atoms with Gasteiger partial charge < -0.3 is 19.5 Å². The second-order valence-corrected chi connectivity index (χ2v) is 8.25. The quantitative estimate of drug-likeness (QED) is 0.617. The molecule has 2 heterocycles. The van der Waals surface area contributed by atoms with Gasteiger partial charge >= 0.3 is 0 Å². The van der Waals surface area contributed by atoms with Crippen LogP contribution in [-0.4, -0.2) is 29.7 Å². The molecule has 7 heteroatoms. The summed E-state index contributed by atoms with van der Waals surface area (Å²) >= 11 is 6.36. The normalized spacial score (nSPS) is 14.9. The Kier molecular flexibility index (Phi) is 5.67. The van der Waals surface area contributed by atoms with Crippen molar-refractivity contribution in [2.75, 3.05) is 23.3 Å². The van der Waals surface area contributed by atoms with Crippen LogP contribution >= 0.6 is 11.6 Å². The van der Waals surface area contributed by atoms with Crippen LogP contribution in [0.1, 0.15) is 36.7 Å². The summed E-state index contributed by atoms with van der Waals surface area (Å²) in [7, 11) is 0. The molecule has 0 unspecified atom stereocenters. The number of benzene rings is 2. The van der Waals surface area contributed by atoms with Crippen LogP contribution in [0.25, 0.3) is 10.9 Å². The number of anilines is 2. The molecule has 1 amide bonds. The van der Waals surface area contributed by atoms with Crippen LogP contribution in [0.4, 0.5) is 11.4 Å². The smallest absolute Gasteiger partial charge is 0.261 e. The van der Waals surface area contributed by atoms with Crippen molar-refractivity contribution in [3.05, 3.63) is 62.9 Å². The highest BCUT2D eigenvalue weighted by Crippen LogP contribution is 2.33. The van der Waals surface area contributed by atoms with Crippen LogP contribution in [0.3, 0.4) is 0 Å². The van der Waals surface area contributed by atoms with Gasteiger partial charge in [0.05, 0.1) is 22.5 Å². The van der Waals surface area contributed by atoms with Crippen molar-refractivity contribution in [3.63, 3.8) is 0 Å². The van der Waals surface area contributed by atoms with Crippen LogP contribution < -0.4 is 20.4 Å². The van der Waals surface area contributed by atoms with E-state index in [1.54, 1.807) is 18.3 Å². The van der Waals surface area contributed by atoms with Crippen LogP contribution in [0.2, 0.25) is 5.02 Å². The summed E-state index contributed by atoms with van der Waals surface area (Å²) in [5, 5.41) is 3.53. The molecule has 162 valence electrons. The fourth-order valence-corrected chi connectivity index (χ4v) is 4.40. The summed E-state index contributed by atoms with van der Waals surface area (Å²) in [6, 6.07) is 9.30. The number of aromatic nitrogens is 1. The summed E-state index contributed by atoms with van der Waals surface area (Å²) in [4.78, 5) is 28.5. The van der Waals surface area contributed by atoms with Gasteiger partial charge in [-0.2, -0.15) is 0 Å². The minimum atomic E-state index is -0.449. The van der Waals surface area contributed by atoms with Crippen LogP contribution in [0.5, 0.6) is 5.75 Å². The first kappa shape index (κ1) is 21.2. The van der Waals surface area contributed by atoms with Crippen LogP contribution in [0.15, 0.2) is 41.3 Å². The molecule has 0 bridgehead atoms. The van der Waals surface area contributed by atoms with Crippen molar-refractivity contribution in [2.24, 2.45) is 0 Å². The molecule has 0 saturated heterocycles. The number of halogens is 1. The molecule has 1 aromatic heterocycles. The van der Waals surface area contributed by atoms with Gasteiger partial charge in [0.15, 0.2) is 0 Å². The maximum absolute atomic E-state index is 13.2. The number of carbonyl (C=O) groups is 1. The average Bonchev–Trinajstić information content (AvgIpc) is 2.74. The third kappa shape index (κ3) is 3.76. The number of aryl methyl sites for hydroxylation is 1. The lowest BCUT2D eigenvalue weighted by Gasteiger charge is -2.26. The van der Waals surface area contributed by atoms with Gasteiger partial charge in [-0.1, -0.05) is 11.6 Å². The van der Waals surface area contributed by atoms with E-state index in [4.69, 9.17) is 16.3 Å². The number of hydrogen-bond donors (Lipinski definition) is 1. The fourth-order valence-electron chi connectivity index (χ4n) is 4.16. The first-order valence-electron chi connectivity index (χ1n) is 10.5. The summed E-state index contributed by atoms with van der Waals surface area (Å²) in [5.41, 5.74) is 3.01. The molecule has 0 spiro atoms. The van der Waals surface area contributed by atoms with Gasteiger partial charge in [0, 0.05) is 30.7 Å². The molecule has 1 N–H and O–H groups in total. The Bertz CT molecular complexity index is 1230. The molecule has 2 aromatic carbocycles. The molecule has 0 aliphatic carbocycles. The maximum Gasteiger partial charge on any atom is 0.261 e. The van der Waals surface area contributed by atoms with Crippen LogP contribution in [-0.2, 0) is 6.54 Å². The van der Waals surface area contributed by atoms with E-state index >= 15 is 0 Å². The van der Waals surface area contributed by atoms with E-state index in [1.807, 2.05) is 36.6 Å². The predicted molar refractivity (Wildman–Crippen MR) is 126 cm³/mol. The molecule has 0 fully saturated rings. The summed E-state index contributed by atoms with van der Waals surface area (Å²) < 4.78 is 7.74. The van der Waals surface area contributed by atoms with Crippen molar-refractivity contribution < 1.29 is 9.53 Å². The highest BCUT2D eigenvalue weighted by molar-refractivity contribution is 6.35. The number of carbonyl (C=O) groups excluding carboxylic acids is 1. The van der Waals surface area contributed by atoms with Gasteiger partial charge in [0.25, 0.3) is 5.91 Å². The second-order valence-electron chi connectivity index (χ2n) is 7.85. The zero-order chi connectivity index (χ0) is 22.3. The molecule has 31 heavy (non-hydrogen) atoms. The first-order valence-corrected chi connectivity index (χ1v) is 10.9. The number of nitrogens with zero attached hydrogens (tertiary/aromatic N) is 2. The van der Waals surface area contributed by atoms with Crippen molar-refractivity contribution in [2.45, 2.75) is 40.3 Å². The standard InChI is InChI=1S/C24H26ClN3O3/c1-5-27(6-2)16-7-9-19(14(3)11-16)26-24(30)17-13-28-12-15(4)31-20-10-8-18(25)21(22(20)28)23(17)29/h7-11,13,15H,5-6,12H2,1-4H3,(H,26,30)/t15-/m1/s1. The molecule has 0 radical (unpaired) electrons. The zero-order valence-corrected chi connectivity index (χ0v) is 18.9. The van der Waals surface area contributed by atoms with Crippen molar-refractivity contribution in [3.8, 4) is 5.75 Å². The lowest BCUT2D eigenvalue weighted by molar-refractivity contribution is 0.102. The lowest BCUT2D eigenvalue weighted by atomic mass is 10.1. The van der Waals surface area contributed by atoms with E-state index in [0.717, 1.165) is 24.3 Å². The zero-order valence-electron chi connectivity index (χ0n) is 18.2. The Hall–Kier alpha value is -2.99. The van der Waals surface area contributed by atoms with Gasteiger partial charge in [-0.3, -0.25) is 9.59 Å². The topological polar surface area (TPSA) is 63.6 Å². The largest absolute Gasteiger partial charge is 0.487 e.